The quantitative estimate of drug-likeness (QED) is 0.834. The summed E-state index contributed by atoms with van der Waals surface area (Å²) in [5, 5.41) is 2.92. The molecule has 2 amide bonds. The van der Waals surface area contributed by atoms with E-state index in [1.807, 2.05) is 24.3 Å². The second-order valence-electron chi connectivity index (χ2n) is 6.32. The van der Waals surface area contributed by atoms with E-state index in [1.165, 1.54) is 12.3 Å². The molecule has 2 aliphatic rings. The molecule has 6 heteroatoms. The van der Waals surface area contributed by atoms with Crippen LogP contribution in [0.3, 0.4) is 0 Å². The summed E-state index contributed by atoms with van der Waals surface area (Å²) in [5.74, 6) is -0.392. The first-order chi connectivity index (χ1) is 11.6. The van der Waals surface area contributed by atoms with Crippen LogP contribution in [0.2, 0.25) is 0 Å². The number of carbonyl (C=O) groups is 2. The molecule has 4 rings (SSSR count). The molecule has 6 nitrogen and oxygen atoms in total. The van der Waals surface area contributed by atoms with Crippen LogP contribution < -0.4 is 10.9 Å². The zero-order chi connectivity index (χ0) is 16.7. The third-order valence-electron chi connectivity index (χ3n) is 4.95. The molecule has 2 N–H and O–H groups in total. The molecular weight excluding hydrogens is 306 g/mol. The van der Waals surface area contributed by atoms with Crippen LogP contribution in [0.25, 0.3) is 0 Å². The Labute approximate surface area is 138 Å². The Morgan fingerprint density at radius 2 is 1.96 bits per heavy atom. The van der Waals surface area contributed by atoms with Crippen LogP contribution >= 0.6 is 0 Å². The number of pyridine rings is 1. The van der Waals surface area contributed by atoms with Gasteiger partial charge in [-0.15, -0.1) is 0 Å². The summed E-state index contributed by atoms with van der Waals surface area (Å²) in [7, 11) is 0. The van der Waals surface area contributed by atoms with E-state index in [0.717, 1.165) is 17.7 Å². The van der Waals surface area contributed by atoms with Crippen LogP contribution in [-0.4, -0.2) is 34.8 Å². The average molecular weight is 323 g/mol. The van der Waals surface area contributed by atoms with Gasteiger partial charge in [0.25, 0.3) is 11.5 Å². The molecule has 1 fully saturated rings. The van der Waals surface area contributed by atoms with E-state index in [-0.39, 0.29) is 17.4 Å². The molecule has 122 valence electrons. The number of amides is 2. The van der Waals surface area contributed by atoms with Gasteiger partial charge in [0.2, 0.25) is 5.91 Å². The maximum absolute atomic E-state index is 12.8. The standard InChI is InChI=1S/C18H17N3O3/c22-15-12(5-3-9-19-15)16(23)21-10-4-8-18(11-21)13-6-1-2-7-14(13)20-17(18)24/h1-3,5-7,9H,4,8,10-11H2,(H,19,22)(H,20,24). The number of piperidine rings is 1. The number of carbonyl (C=O) groups excluding carboxylic acids is 2. The second-order valence-corrected chi connectivity index (χ2v) is 6.32. The number of rotatable bonds is 1. The number of fused-ring (bicyclic) bond motifs is 2. The van der Waals surface area contributed by atoms with Crippen molar-refractivity contribution in [2.45, 2.75) is 18.3 Å². The predicted molar refractivity (Wildman–Crippen MR) is 88.9 cm³/mol. The van der Waals surface area contributed by atoms with Crippen molar-refractivity contribution in [1.82, 2.24) is 9.88 Å². The smallest absolute Gasteiger partial charge is 0.260 e. The fourth-order valence-corrected chi connectivity index (χ4v) is 3.77. The molecule has 0 aliphatic carbocycles. The molecule has 0 radical (unpaired) electrons. The number of aromatic nitrogens is 1. The van der Waals surface area contributed by atoms with E-state index in [1.54, 1.807) is 11.0 Å². The number of H-pyrrole nitrogens is 1. The van der Waals surface area contributed by atoms with Crippen LogP contribution in [-0.2, 0) is 10.2 Å². The van der Waals surface area contributed by atoms with Crippen molar-refractivity contribution in [1.29, 1.82) is 0 Å². The highest BCUT2D eigenvalue weighted by molar-refractivity contribution is 6.07. The Morgan fingerprint density at radius 3 is 2.79 bits per heavy atom. The van der Waals surface area contributed by atoms with Crippen molar-refractivity contribution >= 4 is 17.5 Å². The number of para-hydroxylation sites is 1. The fourth-order valence-electron chi connectivity index (χ4n) is 3.77. The minimum Gasteiger partial charge on any atom is -0.337 e. The molecule has 1 spiro atoms. The Bertz CT molecular complexity index is 889. The summed E-state index contributed by atoms with van der Waals surface area (Å²) in [6, 6.07) is 10.8. The van der Waals surface area contributed by atoms with Crippen molar-refractivity contribution in [3.05, 3.63) is 64.1 Å². The molecule has 1 aromatic heterocycles. The average Bonchev–Trinajstić information content (AvgIpc) is 2.87. The van der Waals surface area contributed by atoms with Gasteiger partial charge >= 0.3 is 0 Å². The SMILES string of the molecule is O=C(c1ccc[nH]c1=O)N1CCCC2(C1)C(=O)Nc1ccccc12. The minimum absolute atomic E-state index is 0.0665. The number of anilines is 1. The molecule has 0 bridgehead atoms. The number of nitrogens with one attached hydrogen (secondary N) is 2. The van der Waals surface area contributed by atoms with Crippen LogP contribution in [0.15, 0.2) is 47.4 Å². The van der Waals surface area contributed by atoms with Crippen molar-refractivity contribution < 1.29 is 9.59 Å². The number of benzene rings is 1. The van der Waals surface area contributed by atoms with E-state index in [4.69, 9.17) is 0 Å². The zero-order valence-electron chi connectivity index (χ0n) is 13.0. The largest absolute Gasteiger partial charge is 0.337 e. The first-order valence-corrected chi connectivity index (χ1v) is 8.00. The van der Waals surface area contributed by atoms with Gasteiger partial charge in [-0.05, 0) is 36.6 Å². The summed E-state index contributed by atoms with van der Waals surface area (Å²) in [6.07, 6.45) is 2.92. The number of aromatic amines is 1. The van der Waals surface area contributed by atoms with Gasteiger partial charge < -0.3 is 15.2 Å². The van der Waals surface area contributed by atoms with Crippen molar-refractivity contribution in [3.8, 4) is 0 Å². The van der Waals surface area contributed by atoms with E-state index in [9.17, 15) is 14.4 Å². The molecule has 1 atom stereocenters. The van der Waals surface area contributed by atoms with Gasteiger partial charge in [0.1, 0.15) is 5.56 Å². The van der Waals surface area contributed by atoms with Gasteiger partial charge in [0, 0.05) is 25.0 Å². The van der Waals surface area contributed by atoms with E-state index >= 15 is 0 Å². The third kappa shape index (κ3) is 2.06. The molecule has 1 unspecified atom stereocenters. The highest BCUT2D eigenvalue weighted by Gasteiger charge is 2.49. The molecule has 0 saturated carbocycles. The summed E-state index contributed by atoms with van der Waals surface area (Å²) in [4.78, 5) is 41.5. The van der Waals surface area contributed by atoms with Gasteiger partial charge in [-0.3, -0.25) is 14.4 Å². The Morgan fingerprint density at radius 1 is 1.12 bits per heavy atom. The molecule has 2 aromatic rings. The van der Waals surface area contributed by atoms with Gasteiger partial charge in [0.05, 0.1) is 5.41 Å². The van der Waals surface area contributed by atoms with Crippen molar-refractivity contribution in [3.63, 3.8) is 0 Å². The Balaban J connectivity index is 1.70. The van der Waals surface area contributed by atoms with Crippen LogP contribution in [0.5, 0.6) is 0 Å². The number of likely N-dealkylation sites (tertiary alicyclic amines) is 1. The number of hydrogen-bond donors (Lipinski definition) is 2. The lowest BCUT2D eigenvalue weighted by Crippen LogP contribution is -2.52. The van der Waals surface area contributed by atoms with Crippen LogP contribution in [0.4, 0.5) is 5.69 Å². The third-order valence-corrected chi connectivity index (χ3v) is 4.95. The molecule has 2 aliphatic heterocycles. The van der Waals surface area contributed by atoms with Gasteiger partial charge in [-0.1, -0.05) is 18.2 Å². The van der Waals surface area contributed by atoms with E-state index in [0.29, 0.717) is 19.5 Å². The molecule has 24 heavy (non-hydrogen) atoms. The monoisotopic (exact) mass is 323 g/mol. The lowest BCUT2D eigenvalue weighted by molar-refractivity contribution is -0.122. The molecule has 1 saturated heterocycles. The number of nitrogens with zero attached hydrogens (tertiary/aromatic N) is 1. The lowest BCUT2D eigenvalue weighted by atomic mass is 9.75. The highest BCUT2D eigenvalue weighted by Crippen LogP contribution is 2.43. The van der Waals surface area contributed by atoms with Crippen molar-refractivity contribution in [2.24, 2.45) is 0 Å². The summed E-state index contributed by atoms with van der Waals surface area (Å²) in [6.45, 7) is 0.841. The lowest BCUT2D eigenvalue weighted by Gasteiger charge is -2.39. The molecular formula is C18H17N3O3. The second kappa shape index (κ2) is 5.33. The van der Waals surface area contributed by atoms with E-state index in [2.05, 4.69) is 10.3 Å². The Kier molecular flexibility index (Phi) is 3.26. The summed E-state index contributed by atoms with van der Waals surface area (Å²) < 4.78 is 0. The normalized spacial score (nSPS) is 22.3. The zero-order valence-corrected chi connectivity index (χ0v) is 13.0. The van der Waals surface area contributed by atoms with Gasteiger partial charge in [0.15, 0.2) is 0 Å². The fraction of sp³-hybridized carbons (Fsp3) is 0.278. The first-order valence-electron chi connectivity index (χ1n) is 8.00. The van der Waals surface area contributed by atoms with Crippen LogP contribution in [0.1, 0.15) is 28.8 Å². The highest BCUT2D eigenvalue weighted by atomic mass is 16.2. The van der Waals surface area contributed by atoms with Crippen molar-refractivity contribution in [2.75, 3.05) is 18.4 Å². The topological polar surface area (TPSA) is 82.3 Å². The predicted octanol–water partition coefficient (Wildman–Crippen LogP) is 1.50. The minimum atomic E-state index is -0.716. The summed E-state index contributed by atoms with van der Waals surface area (Å²) in [5.41, 5.74) is 0.745. The molecule has 3 heterocycles. The van der Waals surface area contributed by atoms with E-state index < -0.39 is 11.0 Å². The molecule has 1 aromatic carbocycles. The Hall–Kier alpha value is -2.89. The first kappa shape index (κ1) is 14.7. The van der Waals surface area contributed by atoms with Gasteiger partial charge in [-0.2, -0.15) is 0 Å². The number of hydrogen-bond acceptors (Lipinski definition) is 3. The maximum atomic E-state index is 12.8. The summed E-state index contributed by atoms with van der Waals surface area (Å²) >= 11 is 0. The van der Waals surface area contributed by atoms with Crippen LogP contribution in [0, 0.1) is 0 Å². The van der Waals surface area contributed by atoms with Gasteiger partial charge in [-0.25, -0.2) is 0 Å². The maximum Gasteiger partial charge on any atom is 0.260 e.